The molecule has 198 valence electrons. The lowest BCUT2D eigenvalue weighted by atomic mass is 10.2. The molecule has 1 aliphatic rings. The second-order valence-electron chi connectivity index (χ2n) is 8.28. The molecule has 0 bridgehead atoms. The highest BCUT2D eigenvalue weighted by molar-refractivity contribution is 7.98. The van der Waals surface area contributed by atoms with Crippen molar-refractivity contribution in [2.24, 2.45) is 0 Å². The second kappa shape index (κ2) is 12.1. The Labute approximate surface area is 213 Å². The second-order valence-corrected chi connectivity index (χ2v) is 10.9. The zero-order chi connectivity index (χ0) is 26.5. The molecule has 10 nitrogen and oxygen atoms in total. The predicted molar refractivity (Wildman–Crippen MR) is 131 cm³/mol. The van der Waals surface area contributed by atoms with Gasteiger partial charge in [0.05, 0.1) is 6.61 Å². The zero-order valence-corrected chi connectivity index (χ0v) is 22.0. The molecule has 3 rings (SSSR count). The molecule has 0 unspecified atom stereocenters. The minimum absolute atomic E-state index is 0.0283. The fourth-order valence-corrected chi connectivity index (χ4v) is 5.70. The summed E-state index contributed by atoms with van der Waals surface area (Å²) >= 11 is 0.949. The molecule has 0 spiro atoms. The van der Waals surface area contributed by atoms with E-state index in [1.165, 1.54) is 29.4 Å². The Kier molecular flexibility index (Phi) is 9.44. The van der Waals surface area contributed by atoms with E-state index >= 15 is 0 Å². The molecule has 2 heterocycles. The summed E-state index contributed by atoms with van der Waals surface area (Å²) in [6.45, 7) is 7.55. The average Bonchev–Trinajstić information content (AvgIpc) is 2.79. The summed E-state index contributed by atoms with van der Waals surface area (Å²) in [4.78, 5) is 20.4. The van der Waals surface area contributed by atoms with Crippen LogP contribution in [0, 0.1) is 11.6 Å². The molecule has 36 heavy (non-hydrogen) atoms. The largest absolute Gasteiger partial charge is 0.463 e. The first-order valence-corrected chi connectivity index (χ1v) is 13.7. The quantitative estimate of drug-likeness (QED) is 0.264. The molecule has 0 saturated carbocycles. The Morgan fingerprint density at radius 3 is 2.64 bits per heavy atom. The van der Waals surface area contributed by atoms with Crippen molar-refractivity contribution >= 4 is 33.8 Å². The van der Waals surface area contributed by atoms with Crippen LogP contribution in [-0.4, -0.2) is 66.5 Å². The van der Waals surface area contributed by atoms with Gasteiger partial charge in [-0.3, -0.25) is 4.72 Å². The van der Waals surface area contributed by atoms with Gasteiger partial charge in [0.15, 0.2) is 22.9 Å². The average molecular weight is 546 g/mol. The van der Waals surface area contributed by atoms with Crippen LogP contribution in [0.2, 0.25) is 0 Å². The van der Waals surface area contributed by atoms with Crippen LogP contribution in [0.15, 0.2) is 29.4 Å². The van der Waals surface area contributed by atoms with E-state index in [1.54, 1.807) is 6.92 Å². The normalized spacial score (nSPS) is 19.5. The molecule has 3 atom stereocenters. The Morgan fingerprint density at radius 1 is 1.28 bits per heavy atom. The van der Waals surface area contributed by atoms with Gasteiger partial charge in [0.25, 0.3) is 0 Å². The number of nitrogens with zero attached hydrogens (tertiary/aromatic N) is 3. The number of hydrogen-bond donors (Lipinski definition) is 2. The molecule has 2 aromatic rings. The summed E-state index contributed by atoms with van der Waals surface area (Å²) in [5.74, 6) is -2.82. The van der Waals surface area contributed by atoms with Crippen LogP contribution < -0.4 is 14.8 Å². The highest BCUT2D eigenvalue weighted by Gasteiger charge is 2.31. The van der Waals surface area contributed by atoms with Crippen molar-refractivity contribution < 1.29 is 31.5 Å². The van der Waals surface area contributed by atoms with Crippen LogP contribution in [0.5, 0.6) is 5.88 Å². The molecule has 1 aliphatic heterocycles. The minimum atomic E-state index is -3.98. The number of carbonyl (C=O) groups is 1. The molecule has 14 heteroatoms. The number of anilines is 1. The van der Waals surface area contributed by atoms with Crippen molar-refractivity contribution in [3.63, 3.8) is 0 Å². The SMILES string of the molecule is CCOC(=O)[C@@H](C)Oc1cc(NS(=O)(=O)N2C[C@@H](C)N[C@@H](C)C2)nc(SCc2cccc(F)c2F)n1. The third-order valence-corrected chi connectivity index (χ3v) is 7.43. The van der Waals surface area contributed by atoms with Crippen molar-refractivity contribution in [1.29, 1.82) is 0 Å². The maximum Gasteiger partial charge on any atom is 0.347 e. The predicted octanol–water partition coefficient (Wildman–Crippen LogP) is 2.72. The van der Waals surface area contributed by atoms with Gasteiger partial charge >= 0.3 is 16.2 Å². The summed E-state index contributed by atoms with van der Waals surface area (Å²) in [7, 11) is -3.98. The molecule has 2 N–H and O–H groups in total. The van der Waals surface area contributed by atoms with Crippen LogP contribution in [-0.2, 0) is 25.5 Å². The first-order chi connectivity index (χ1) is 17.0. The summed E-state index contributed by atoms with van der Waals surface area (Å²) in [6, 6.07) is 4.96. The fraction of sp³-hybridized carbons (Fsp3) is 0.500. The van der Waals surface area contributed by atoms with Crippen molar-refractivity contribution in [1.82, 2.24) is 19.6 Å². The maximum atomic E-state index is 14.1. The van der Waals surface area contributed by atoms with Crippen LogP contribution in [0.25, 0.3) is 0 Å². The molecule has 0 amide bonds. The number of thioether (sulfide) groups is 1. The first kappa shape index (κ1) is 28.0. The van der Waals surface area contributed by atoms with Gasteiger partial charge < -0.3 is 14.8 Å². The number of aromatic nitrogens is 2. The summed E-state index contributed by atoms with van der Waals surface area (Å²) in [5, 5.41) is 3.30. The molecule has 0 aliphatic carbocycles. The van der Waals surface area contributed by atoms with E-state index in [0.29, 0.717) is 0 Å². The highest BCUT2D eigenvalue weighted by atomic mass is 32.2. The monoisotopic (exact) mass is 545 g/mol. The van der Waals surface area contributed by atoms with E-state index in [1.807, 2.05) is 13.8 Å². The van der Waals surface area contributed by atoms with Crippen LogP contribution in [0.4, 0.5) is 14.6 Å². The lowest BCUT2D eigenvalue weighted by molar-refractivity contribution is -0.150. The van der Waals surface area contributed by atoms with Gasteiger partial charge in [-0.15, -0.1) is 0 Å². The van der Waals surface area contributed by atoms with E-state index in [0.717, 1.165) is 17.8 Å². The van der Waals surface area contributed by atoms with Crippen molar-refractivity contribution in [2.75, 3.05) is 24.4 Å². The number of piperazine rings is 1. The summed E-state index contributed by atoms with van der Waals surface area (Å²) in [5.41, 5.74) is 0.0840. The molecular formula is C22H29F2N5O5S2. The zero-order valence-electron chi connectivity index (χ0n) is 20.3. The number of halogens is 2. The third-order valence-electron chi connectivity index (χ3n) is 5.08. The lowest BCUT2D eigenvalue weighted by Gasteiger charge is -2.35. The van der Waals surface area contributed by atoms with Gasteiger partial charge in [0.1, 0.15) is 5.82 Å². The van der Waals surface area contributed by atoms with Gasteiger partial charge in [-0.05, 0) is 33.8 Å². The molecule has 1 aromatic carbocycles. The number of hydrogen-bond acceptors (Lipinski definition) is 9. The highest BCUT2D eigenvalue weighted by Crippen LogP contribution is 2.27. The topological polar surface area (TPSA) is 123 Å². The van der Waals surface area contributed by atoms with Crippen LogP contribution >= 0.6 is 11.8 Å². The number of esters is 1. The standard InChI is InChI=1S/C22H29F2N5O5S2/c1-5-33-21(30)15(4)34-19-9-18(28-36(31,32)29-10-13(2)25-14(3)11-29)26-22(27-19)35-12-16-7-6-8-17(23)20(16)24/h6-9,13-15,25H,5,10-12H2,1-4H3,(H,26,27,28)/t13-,14+,15-/m1/s1. The smallest absolute Gasteiger partial charge is 0.347 e. The van der Waals surface area contributed by atoms with Crippen molar-refractivity contribution in [3.05, 3.63) is 41.5 Å². The maximum absolute atomic E-state index is 14.1. The van der Waals surface area contributed by atoms with Crippen molar-refractivity contribution in [2.45, 2.75) is 56.8 Å². The minimum Gasteiger partial charge on any atom is -0.463 e. The third kappa shape index (κ3) is 7.48. The Balaban J connectivity index is 1.86. The fourth-order valence-electron chi connectivity index (χ4n) is 3.54. The van der Waals surface area contributed by atoms with E-state index in [2.05, 4.69) is 20.0 Å². The van der Waals surface area contributed by atoms with E-state index in [9.17, 15) is 22.0 Å². The van der Waals surface area contributed by atoms with Crippen molar-refractivity contribution in [3.8, 4) is 5.88 Å². The number of carbonyl (C=O) groups excluding carboxylic acids is 1. The molecule has 1 aromatic heterocycles. The number of ether oxygens (including phenoxy) is 2. The molecule has 0 radical (unpaired) electrons. The molecule has 1 saturated heterocycles. The van der Waals surface area contributed by atoms with E-state index < -0.39 is 33.9 Å². The van der Waals surface area contributed by atoms with E-state index in [-0.39, 0.29) is 60.0 Å². The number of nitrogens with one attached hydrogen (secondary N) is 2. The number of benzene rings is 1. The first-order valence-electron chi connectivity index (χ1n) is 11.3. The van der Waals surface area contributed by atoms with E-state index in [4.69, 9.17) is 9.47 Å². The van der Waals surface area contributed by atoms with Gasteiger partial charge in [-0.1, -0.05) is 23.9 Å². The Hall–Kier alpha value is -2.55. The van der Waals surface area contributed by atoms with Gasteiger partial charge in [-0.25, -0.2) is 18.6 Å². The van der Waals surface area contributed by atoms with Gasteiger partial charge in [0.2, 0.25) is 5.88 Å². The summed E-state index contributed by atoms with van der Waals surface area (Å²) in [6.07, 6.45) is -1.03. The molecular weight excluding hydrogens is 516 g/mol. The Bertz CT molecular complexity index is 1180. The lowest BCUT2D eigenvalue weighted by Crippen LogP contribution is -2.56. The number of rotatable bonds is 10. The Morgan fingerprint density at radius 2 is 1.97 bits per heavy atom. The van der Waals surface area contributed by atoms with Crippen LogP contribution in [0.3, 0.4) is 0 Å². The molecule has 1 fully saturated rings. The van der Waals surface area contributed by atoms with Gasteiger partial charge in [-0.2, -0.15) is 17.7 Å². The van der Waals surface area contributed by atoms with Crippen LogP contribution in [0.1, 0.15) is 33.3 Å². The summed E-state index contributed by atoms with van der Waals surface area (Å²) < 4.78 is 68.0. The van der Waals surface area contributed by atoms with Gasteiger partial charge in [0, 0.05) is 42.6 Å².